The van der Waals surface area contributed by atoms with Crippen LogP contribution in [-0.4, -0.2) is 45.8 Å². The molecule has 2 N–H and O–H groups in total. The predicted molar refractivity (Wildman–Crippen MR) is 98.2 cm³/mol. The van der Waals surface area contributed by atoms with Crippen molar-refractivity contribution in [3.8, 4) is 0 Å². The minimum Gasteiger partial charge on any atom is -0.387 e. The van der Waals surface area contributed by atoms with E-state index in [0.717, 1.165) is 35.7 Å². The molecule has 0 bridgehead atoms. The predicted octanol–water partition coefficient (Wildman–Crippen LogP) is 2.57. The molecule has 0 saturated heterocycles. The van der Waals surface area contributed by atoms with E-state index in [1.165, 1.54) is 11.8 Å². The summed E-state index contributed by atoms with van der Waals surface area (Å²) in [5.41, 5.74) is 4.49. The van der Waals surface area contributed by atoms with Gasteiger partial charge < -0.3 is 5.11 Å². The average molecular weight is 366 g/mol. The number of β-amino-alcohol motifs (C(OH)–C–C–N with tert-alkyl or cyclic N) is 1. The van der Waals surface area contributed by atoms with Crippen LogP contribution in [0.15, 0.2) is 41.0 Å². The second kappa shape index (κ2) is 7.70. The lowest BCUT2D eigenvalue weighted by Crippen LogP contribution is -2.36. The quantitative estimate of drug-likeness (QED) is 0.860. The van der Waals surface area contributed by atoms with E-state index in [4.69, 9.17) is 11.6 Å². The maximum absolute atomic E-state index is 11.5. The molecule has 2 aliphatic rings. The summed E-state index contributed by atoms with van der Waals surface area (Å²) in [6, 6.07) is 7.39. The van der Waals surface area contributed by atoms with E-state index in [9.17, 15) is 9.90 Å². The topological polar surface area (TPSA) is 64.9 Å². The Bertz CT molecular complexity index is 692. The van der Waals surface area contributed by atoms with E-state index in [0.29, 0.717) is 11.6 Å². The van der Waals surface area contributed by atoms with Crippen LogP contribution in [0.2, 0.25) is 5.02 Å². The van der Waals surface area contributed by atoms with E-state index in [1.807, 2.05) is 25.1 Å². The largest absolute Gasteiger partial charge is 0.387 e. The first kappa shape index (κ1) is 17.5. The number of carbonyl (C=O) groups is 1. The molecule has 0 saturated carbocycles. The lowest BCUT2D eigenvalue weighted by molar-refractivity contribution is -0.120. The first-order chi connectivity index (χ1) is 11.5. The fourth-order valence-electron chi connectivity index (χ4n) is 2.75. The molecule has 0 fully saturated rings. The van der Waals surface area contributed by atoms with Crippen LogP contribution < -0.4 is 5.43 Å². The maximum atomic E-state index is 11.5. The van der Waals surface area contributed by atoms with Crippen molar-refractivity contribution in [2.75, 3.05) is 19.6 Å². The molecule has 2 heterocycles. The smallest absolute Gasteiger partial charge is 0.253 e. The van der Waals surface area contributed by atoms with Crippen LogP contribution in [0, 0.1) is 0 Å². The fourth-order valence-corrected chi connectivity index (χ4v) is 3.94. The minimum absolute atomic E-state index is 0.0513. The summed E-state index contributed by atoms with van der Waals surface area (Å²) in [6.45, 7) is 4.01. The zero-order valence-corrected chi connectivity index (χ0v) is 15.0. The van der Waals surface area contributed by atoms with Crippen LogP contribution in [0.4, 0.5) is 0 Å². The monoisotopic (exact) mass is 365 g/mol. The highest BCUT2D eigenvalue weighted by atomic mass is 35.5. The summed E-state index contributed by atoms with van der Waals surface area (Å²) in [6.07, 6.45) is 2.37. The SMILES string of the molecule is CC1SC(C2=CCN(CC(O)c3ccccc3Cl)CC2)=NNC1=O. The number of hydrogen-bond donors (Lipinski definition) is 2. The molecule has 7 heteroatoms. The first-order valence-electron chi connectivity index (χ1n) is 7.93. The van der Waals surface area contributed by atoms with Crippen LogP contribution in [0.1, 0.15) is 25.0 Å². The van der Waals surface area contributed by atoms with Gasteiger partial charge in [0.25, 0.3) is 5.91 Å². The zero-order chi connectivity index (χ0) is 17.1. The molecule has 2 unspecified atom stereocenters. The third kappa shape index (κ3) is 4.00. The van der Waals surface area contributed by atoms with Crippen molar-refractivity contribution in [1.82, 2.24) is 10.3 Å². The van der Waals surface area contributed by atoms with Crippen molar-refractivity contribution in [2.24, 2.45) is 5.10 Å². The van der Waals surface area contributed by atoms with Crippen LogP contribution in [-0.2, 0) is 4.79 Å². The molecule has 3 rings (SSSR count). The number of hydrazone groups is 1. The summed E-state index contributed by atoms with van der Waals surface area (Å²) < 4.78 is 0. The standard InChI is InChI=1S/C17H20ClN3O2S/c1-11-16(23)19-20-17(24-11)12-6-8-21(9-7-12)10-15(22)13-4-2-3-5-14(13)18/h2-6,11,15,22H,7-10H2,1H3,(H,19,23). The lowest BCUT2D eigenvalue weighted by Gasteiger charge is -2.29. The molecule has 5 nitrogen and oxygen atoms in total. The van der Waals surface area contributed by atoms with Crippen molar-refractivity contribution >= 4 is 34.3 Å². The molecule has 2 atom stereocenters. The number of nitrogens with zero attached hydrogens (tertiary/aromatic N) is 2. The van der Waals surface area contributed by atoms with Gasteiger partial charge in [0.1, 0.15) is 5.04 Å². The molecular weight excluding hydrogens is 346 g/mol. The Labute approximate surface area is 150 Å². The number of nitrogens with one attached hydrogen (secondary N) is 1. The minimum atomic E-state index is -0.602. The molecule has 0 spiro atoms. The van der Waals surface area contributed by atoms with Crippen molar-refractivity contribution < 1.29 is 9.90 Å². The van der Waals surface area contributed by atoms with Gasteiger partial charge in [-0.15, -0.1) is 0 Å². The Morgan fingerprint density at radius 2 is 2.29 bits per heavy atom. The summed E-state index contributed by atoms with van der Waals surface area (Å²) in [7, 11) is 0. The molecule has 24 heavy (non-hydrogen) atoms. The molecule has 1 aromatic rings. The molecule has 1 amide bonds. The first-order valence-corrected chi connectivity index (χ1v) is 9.19. The molecule has 0 aliphatic carbocycles. The van der Waals surface area contributed by atoms with Gasteiger partial charge in [0.05, 0.1) is 11.4 Å². The third-order valence-electron chi connectivity index (χ3n) is 4.19. The molecule has 128 valence electrons. The van der Waals surface area contributed by atoms with Crippen molar-refractivity contribution in [2.45, 2.75) is 24.7 Å². The van der Waals surface area contributed by atoms with E-state index >= 15 is 0 Å². The van der Waals surface area contributed by atoms with E-state index < -0.39 is 6.10 Å². The van der Waals surface area contributed by atoms with Gasteiger partial charge in [0.2, 0.25) is 0 Å². The summed E-state index contributed by atoms with van der Waals surface area (Å²) in [5.74, 6) is -0.0513. The summed E-state index contributed by atoms with van der Waals surface area (Å²) >= 11 is 7.64. The number of thioether (sulfide) groups is 1. The Morgan fingerprint density at radius 3 is 2.96 bits per heavy atom. The van der Waals surface area contributed by atoms with Gasteiger partial charge >= 0.3 is 0 Å². The van der Waals surface area contributed by atoms with Gasteiger partial charge in [-0.25, -0.2) is 5.43 Å². The van der Waals surface area contributed by atoms with Gasteiger partial charge in [0.15, 0.2) is 0 Å². The second-order valence-corrected chi connectivity index (χ2v) is 7.67. The highest BCUT2D eigenvalue weighted by Crippen LogP contribution is 2.27. The third-order valence-corrected chi connectivity index (χ3v) is 5.68. The number of halogens is 1. The fraction of sp³-hybridized carbons (Fsp3) is 0.412. The number of rotatable bonds is 4. The van der Waals surface area contributed by atoms with E-state index in [-0.39, 0.29) is 11.2 Å². The van der Waals surface area contributed by atoms with Crippen LogP contribution in [0.25, 0.3) is 0 Å². The van der Waals surface area contributed by atoms with E-state index in [2.05, 4.69) is 21.5 Å². The number of amides is 1. The molecule has 1 aromatic carbocycles. The van der Waals surface area contributed by atoms with E-state index in [1.54, 1.807) is 6.07 Å². The number of carbonyl (C=O) groups excluding carboxylic acids is 1. The Morgan fingerprint density at radius 1 is 1.50 bits per heavy atom. The van der Waals surface area contributed by atoms with Crippen LogP contribution >= 0.6 is 23.4 Å². The van der Waals surface area contributed by atoms with Gasteiger partial charge in [-0.3, -0.25) is 9.69 Å². The number of aliphatic hydroxyl groups is 1. The highest BCUT2D eigenvalue weighted by molar-refractivity contribution is 8.15. The number of hydrogen-bond acceptors (Lipinski definition) is 5. The summed E-state index contributed by atoms with van der Waals surface area (Å²) in [4.78, 5) is 13.6. The number of benzene rings is 1. The normalized spacial score (nSPS) is 23.3. The Balaban J connectivity index is 1.59. The molecule has 2 aliphatic heterocycles. The molecule has 0 aromatic heterocycles. The van der Waals surface area contributed by atoms with Gasteiger partial charge in [-0.05, 0) is 25.0 Å². The summed E-state index contributed by atoms with van der Waals surface area (Å²) in [5, 5.41) is 15.9. The van der Waals surface area contributed by atoms with Crippen LogP contribution in [0.3, 0.4) is 0 Å². The Kier molecular flexibility index (Phi) is 5.61. The highest BCUT2D eigenvalue weighted by Gasteiger charge is 2.25. The van der Waals surface area contributed by atoms with Gasteiger partial charge in [0, 0.05) is 30.2 Å². The van der Waals surface area contributed by atoms with Crippen LogP contribution in [0.5, 0.6) is 0 Å². The average Bonchev–Trinajstić information content (AvgIpc) is 2.58. The molecular formula is C17H20ClN3O2S. The van der Waals surface area contributed by atoms with Crippen molar-refractivity contribution in [1.29, 1.82) is 0 Å². The van der Waals surface area contributed by atoms with Crippen molar-refractivity contribution in [3.63, 3.8) is 0 Å². The Hall–Kier alpha value is -1.34. The zero-order valence-electron chi connectivity index (χ0n) is 13.4. The van der Waals surface area contributed by atoms with Gasteiger partial charge in [-0.2, -0.15) is 5.10 Å². The lowest BCUT2D eigenvalue weighted by atomic mass is 10.1. The maximum Gasteiger partial charge on any atom is 0.253 e. The van der Waals surface area contributed by atoms with Crippen molar-refractivity contribution in [3.05, 3.63) is 46.5 Å². The van der Waals surface area contributed by atoms with Gasteiger partial charge in [-0.1, -0.05) is 47.6 Å². The second-order valence-electron chi connectivity index (χ2n) is 5.93. The number of aliphatic hydroxyl groups excluding tert-OH is 1. The molecule has 0 radical (unpaired) electrons.